The van der Waals surface area contributed by atoms with Crippen LogP contribution in [0, 0.1) is 5.95 Å². The van der Waals surface area contributed by atoms with Crippen molar-refractivity contribution in [2.45, 2.75) is 52.1 Å². The van der Waals surface area contributed by atoms with E-state index in [4.69, 9.17) is 38.4 Å². The molecule has 130 valence electrons. The van der Waals surface area contributed by atoms with Gasteiger partial charge in [-0.2, -0.15) is 9.37 Å². The third-order valence-electron chi connectivity index (χ3n) is 3.17. The number of hydrogen-bond acceptors (Lipinski definition) is 5. The Bertz CT molecular complexity index is 544. The Morgan fingerprint density at radius 1 is 1.30 bits per heavy atom. The Labute approximate surface area is 145 Å². The Hall–Kier alpha value is -1.27. The first-order valence-corrected chi connectivity index (χ1v) is 8.24. The number of rotatable bonds is 9. The fourth-order valence-corrected chi connectivity index (χ4v) is 2.29. The molecular formula is C15H21Cl2FN2O3. The molecule has 0 spiro atoms. The molecule has 1 aromatic rings. The monoisotopic (exact) mass is 366 g/mol. The molecule has 1 atom stereocenters. The number of unbranched alkanes of at least 4 members (excludes halogenated alkanes) is 3. The summed E-state index contributed by atoms with van der Waals surface area (Å²) in [5.74, 6) is -1.89. The molecule has 1 aromatic heterocycles. The summed E-state index contributed by atoms with van der Waals surface area (Å²) in [6, 6.07) is 0. The highest BCUT2D eigenvalue weighted by molar-refractivity contribution is 6.39. The van der Waals surface area contributed by atoms with Crippen LogP contribution in [0.4, 0.5) is 10.1 Å². The van der Waals surface area contributed by atoms with Gasteiger partial charge in [-0.25, -0.2) is 4.79 Å². The quantitative estimate of drug-likeness (QED) is 0.398. The van der Waals surface area contributed by atoms with Crippen LogP contribution < -0.4 is 10.5 Å². The van der Waals surface area contributed by atoms with Crippen LogP contribution in [-0.2, 0) is 9.53 Å². The summed E-state index contributed by atoms with van der Waals surface area (Å²) in [6.45, 7) is 3.51. The molecule has 0 unspecified atom stereocenters. The van der Waals surface area contributed by atoms with Gasteiger partial charge in [-0.15, -0.1) is 0 Å². The second-order valence-corrected chi connectivity index (χ2v) is 5.94. The van der Waals surface area contributed by atoms with Gasteiger partial charge in [0.2, 0.25) is 11.8 Å². The van der Waals surface area contributed by atoms with E-state index in [1.54, 1.807) is 0 Å². The van der Waals surface area contributed by atoms with Crippen molar-refractivity contribution in [3.05, 3.63) is 16.0 Å². The normalized spacial score (nSPS) is 12.0. The number of carbonyl (C=O) groups is 1. The Morgan fingerprint density at radius 3 is 2.65 bits per heavy atom. The van der Waals surface area contributed by atoms with E-state index in [2.05, 4.69) is 11.9 Å². The van der Waals surface area contributed by atoms with Gasteiger partial charge < -0.3 is 15.2 Å². The maximum Gasteiger partial charge on any atom is 0.344 e. The van der Waals surface area contributed by atoms with E-state index < -0.39 is 18.5 Å². The molecule has 8 heteroatoms. The first-order valence-electron chi connectivity index (χ1n) is 7.49. The van der Waals surface area contributed by atoms with Crippen LogP contribution in [0.3, 0.4) is 0 Å². The number of pyridine rings is 1. The van der Waals surface area contributed by atoms with Gasteiger partial charge in [-0.1, -0.05) is 49.4 Å². The first-order chi connectivity index (χ1) is 10.9. The minimum atomic E-state index is -1.01. The third-order valence-corrected chi connectivity index (χ3v) is 3.89. The summed E-state index contributed by atoms with van der Waals surface area (Å²) in [5, 5.41) is -0.526. The van der Waals surface area contributed by atoms with Crippen molar-refractivity contribution in [1.29, 1.82) is 0 Å². The van der Waals surface area contributed by atoms with Crippen LogP contribution in [0.5, 0.6) is 5.88 Å². The van der Waals surface area contributed by atoms with Gasteiger partial charge in [0.1, 0.15) is 10.0 Å². The largest absolute Gasteiger partial charge is 0.464 e. The van der Waals surface area contributed by atoms with E-state index in [0.717, 1.165) is 32.1 Å². The molecule has 2 N–H and O–H groups in total. The van der Waals surface area contributed by atoms with Crippen molar-refractivity contribution >= 4 is 34.9 Å². The number of nitrogens with two attached hydrogens (primary N) is 1. The van der Waals surface area contributed by atoms with Gasteiger partial charge in [-0.3, -0.25) is 0 Å². The highest BCUT2D eigenvalue weighted by atomic mass is 35.5. The van der Waals surface area contributed by atoms with Gasteiger partial charge in [0.25, 0.3) is 0 Å². The van der Waals surface area contributed by atoms with Crippen molar-refractivity contribution in [3.8, 4) is 5.88 Å². The highest BCUT2D eigenvalue weighted by Gasteiger charge is 2.18. The van der Waals surface area contributed by atoms with Crippen LogP contribution in [0.2, 0.25) is 10.0 Å². The number of ether oxygens (including phenoxy) is 2. The van der Waals surface area contributed by atoms with Crippen LogP contribution in [0.25, 0.3) is 0 Å². The Kier molecular flexibility index (Phi) is 8.41. The number of carbonyl (C=O) groups excluding carboxylic acids is 1. The summed E-state index contributed by atoms with van der Waals surface area (Å²) in [4.78, 5) is 15.1. The zero-order valence-corrected chi connectivity index (χ0v) is 14.7. The zero-order valence-electron chi connectivity index (χ0n) is 13.2. The van der Waals surface area contributed by atoms with Gasteiger partial charge in [0.15, 0.2) is 6.61 Å². The molecule has 5 nitrogen and oxygen atoms in total. The molecule has 0 bridgehead atoms. The van der Waals surface area contributed by atoms with E-state index in [-0.39, 0.29) is 27.7 Å². The predicted octanol–water partition coefficient (Wildman–Crippen LogP) is 4.39. The smallest absolute Gasteiger partial charge is 0.344 e. The van der Waals surface area contributed by atoms with E-state index in [1.807, 2.05) is 6.92 Å². The Morgan fingerprint density at radius 2 is 2.00 bits per heavy atom. The van der Waals surface area contributed by atoms with Crippen molar-refractivity contribution in [3.63, 3.8) is 0 Å². The number of hydrogen-bond donors (Lipinski definition) is 1. The van der Waals surface area contributed by atoms with Gasteiger partial charge in [-0.05, 0) is 19.8 Å². The molecule has 0 aliphatic heterocycles. The van der Waals surface area contributed by atoms with Crippen LogP contribution in [0.15, 0.2) is 0 Å². The molecule has 0 amide bonds. The fraction of sp³-hybridized carbons (Fsp3) is 0.600. The van der Waals surface area contributed by atoms with Gasteiger partial charge in [0.05, 0.1) is 11.8 Å². The van der Waals surface area contributed by atoms with Gasteiger partial charge in [0, 0.05) is 0 Å². The maximum atomic E-state index is 13.4. The molecule has 1 heterocycles. The lowest BCUT2D eigenvalue weighted by atomic mass is 10.1. The second-order valence-electron chi connectivity index (χ2n) is 5.19. The molecule has 23 heavy (non-hydrogen) atoms. The van der Waals surface area contributed by atoms with Crippen molar-refractivity contribution in [2.75, 3.05) is 12.3 Å². The van der Waals surface area contributed by atoms with E-state index in [0.29, 0.717) is 0 Å². The van der Waals surface area contributed by atoms with E-state index >= 15 is 0 Å². The summed E-state index contributed by atoms with van der Waals surface area (Å²) in [6.07, 6.45) is 4.99. The van der Waals surface area contributed by atoms with Gasteiger partial charge >= 0.3 is 5.97 Å². The van der Waals surface area contributed by atoms with E-state index in [9.17, 15) is 9.18 Å². The Balaban J connectivity index is 2.45. The number of nitrogens with zero attached hydrogens (tertiary/aromatic N) is 1. The zero-order chi connectivity index (χ0) is 17.4. The number of nitrogen functional groups attached to an aromatic ring is 1. The first kappa shape index (κ1) is 19.8. The third kappa shape index (κ3) is 6.39. The highest BCUT2D eigenvalue weighted by Crippen LogP contribution is 2.35. The molecule has 0 saturated heterocycles. The predicted molar refractivity (Wildman–Crippen MR) is 88.4 cm³/mol. The summed E-state index contributed by atoms with van der Waals surface area (Å²) < 4.78 is 23.6. The van der Waals surface area contributed by atoms with Crippen molar-refractivity contribution in [2.24, 2.45) is 0 Å². The summed E-state index contributed by atoms with van der Waals surface area (Å²) in [7, 11) is 0. The number of halogens is 3. The molecular weight excluding hydrogens is 346 g/mol. The minimum Gasteiger partial charge on any atom is -0.464 e. The lowest BCUT2D eigenvalue weighted by Gasteiger charge is -2.14. The number of anilines is 1. The molecule has 0 aliphatic rings. The summed E-state index contributed by atoms with van der Waals surface area (Å²) in [5.41, 5.74) is 5.32. The van der Waals surface area contributed by atoms with Crippen molar-refractivity contribution in [1.82, 2.24) is 4.98 Å². The van der Waals surface area contributed by atoms with Crippen LogP contribution in [0.1, 0.15) is 46.0 Å². The molecule has 0 aliphatic carbocycles. The van der Waals surface area contributed by atoms with Crippen LogP contribution in [-0.4, -0.2) is 23.7 Å². The topological polar surface area (TPSA) is 74.4 Å². The lowest BCUT2D eigenvalue weighted by molar-refractivity contribution is -0.151. The minimum absolute atomic E-state index is 0.142. The number of aromatic nitrogens is 1. The molecule has 0 saturated carbocycles. The van der Waals surface area contributed by atoms with E-state index in [1.165, 1.54) is 0 Å². The standard InChI is InChI=1S/C15H21Cl2FN2O3/c1-3-4-5-6-7-9(2)23-10(21)8-22-15-12(17)13(19)11(16)14(18)20-15/h9H,3-8H2,1-2H3,(H2,19,20)/t9-/m1/s1. The second kappa shape index (κ2) is 9.78. The average Bonchev–Trinajstić information content (AvgIpc) is 2.51. The maximum absolute atomic E-state index is 13.4. The average molecular weight is 367 g/mol. The molecule has 0 fully saturated rings. The molecule has 1 rings (SSSR count). The molecule has 0 radical (unpaired) electrons. The SMILES string of the molecule is CCCCCC[C@@H](C)OC(=O)COc1nc(F)c(Cl)c(N)c1Cl. The van der Waals surface area contributed by atoms with Crippen LogP contribution >= 0.6 is 23.2 Å². The summed E-state index contributed by atoms with van der Waals surface area (Å²) >= 11 is 11.4. The molecule has 0 aromatic carbocycles. The number of esters is 1. The fourth-order valence-electron chi connectivity index (χ4n) is 1.91. The lowest BCUT2D eigenvalue weighted by Crippen LogP contribution is -2.21. The van der Waals surface area contributed by atoms with Crippen molar-refractivity contribution < 1.29 is 18.7 Å².